The number of nitrogens with two attached hydrogens (primary N) is 1. The molecule has 13 nitrogen and oxygen atoms in total. The standard InChI is InChI=1S/C40H56N6O7/c1-27-22-33(37(49)46(27)34(16-10-11-17-41)38(50)44-18-20-52-21-19-44)43-36(48)32(23-28-12-6-5-7-13-28)42-35(47)26-45(39(51)53-40(2,3)4)31-24-29-14-8-9-15-30(29)25-31/h5-9,12-15,27,31-34H,10-11,16-26,41H2,1-4H3,(H,42,47)(H,43,48)/t27?,32-,33-,34-/m1/s1. The third-order valence-electron chi connectivity index (χ3n) is 10.1. The summed E-state index contributed by atoms with van der Waals surface area (Å²) in [7, 11) is 0. The number of carbonyl (C=O) groups excluding carboxylic acids is 5. The third-order valence-corrected chi connectivity index (χ3v) is 10.1. The molecule has 2 heterocycles. The summed E-state index contributed by atoms with van der Waals surface area (Å²) in [5, 5.41) is 5.79. The van der Waals surface area contributed by atoms with E-state index in [1.54, 1.807) is 30.6 Å². The summed E-state index contributed by atoms with van der Waals surface area (Å²) in [6, 6.07) is 14.1. The van der Waals surface area contributed by atoms with Crippen molar-refractivity contribution < 1.29 is 33.4 Å². The predicted molar refractivity (Wildman–Crippen MR) is 200 cm³/mol. The Labute approximate surface area is 312 Å². The van der Waals surface area contributed by atoms with Gasteiger partial charge in [0, 0.05) is 31.6 Å². The van der Waals surface area contributed by atoms with Crippen LogP contribution in [0.1, 0.15) is 70.1 Å². The van der Waals surface area contributed by atoms with Crippen LogP contribution in [0.4, 0.5) is 4.79 Å². The highest BCUT2D eigenvalue weighted by Crippen LogP contribution is 2.28. The molecule has 13 heteroatoms. The van der Waals surface area contributed by atoms with Crippen LogP contribution in [0.3, 0.4) is 0 Å². The van der Waals surface area contributed by atoms with Crippen LogP contribution in [-0.4, -0.2) is 120 Å². The van der Waals surface area contributed by atoms with E-state index in [1.165, 1.54) is 4.90 Å². The Morgan fingerprint density at radius 2 is 1.62 bits per heavy atom. The van der Waals surface area contributed by atoms with Gasteiger partial charge in [-0.1, -0.05) is 54.6 Å². The van der Waals surface area contributed by atoms with Crippen LogP contribution in [0.5, 0.6) is 0 Å². The van der Waals surface area contributed by atoms with E-state index >= 15 is 0 Å². The number of benzene rings is 2. The van der Waals surface area contributed by atoms with Crippen molar-refractivity contribution in [1.82, 2.24) is 25.3 Å². The minimum atomic E-state index is -1.04. The molecule has 0 saturated carbocycles. The summed E-state index contributed by atoms with van der Waals surface area (Å²) < 4.78 is 11.2. The number of nitrogens with zero attached hydrogens (tertiary/aromatic N) is 3. The first kappa shape index (κ1) is 39.7. The highest BCUT2D eigenvalue weighted by atomic mass is 16.6. The number of fused-ring (bicyclic) bond motifs is 1. The summed E-state index contributed by atoms with van der Waals surface area (Å²) in [4.78, 5) is 74.1. The molecule has 53 heavy (non-hydrogen) atoms. The molecule has 288 valence electrons. The lowest BCUT2D eigenvalue weighted by Crippen LogP contribution is -2.57. The van der Waals surface area contributed by atoms with Crippen molar-refractivity contribution in [1.29, 1.82) is 0 Å². The zero-order chi connectivity index (χ0) is 38.1. The molecule has 2 fully saturated rings. The first-order valence-electron chi connectivity index (χ1n) is 18.9. The highest BCUT2D eigenvalue weighted by molar-refractivity contribution is 5.96. The predicted octanol–water partition coefficient (Wildman–Crippen LogP) is 2.58. The topological polar surface area (TPSA) is 164 Å². The van der Waals surface area contributed by atoms with Crippen LogP contribution >= 0.6 is 0 Å². The Morgan fingerprint density at radius 3 is 2.25 bits per heavy atom. The van der Waals surface area contributed by atoms with Gasteiger partial charge in [0.2, 0.25) is 23.6 Å². The van der Waals surface area contributed by atoms with Crippen molar-refractivity contribution in [2.75, 3.05) is 39.4 Å². The van der Waals surface area contributed by atoms with E-state index in [0.717, 1.165) is 23.1 Å². The molecule has 2 aliphatic heterocycles. The van der Waals surface area contributed by atoms with Crippen LogP contribution in [0.2, 0.25) is 0 Å². The Kier molecular flexibility index (Phi) is 13.5. The van der Waals surface area contributed by atoms with Crippen molar-refractivity contribution in [2.45, 2.75) is 108 Å². The Hall–Kier alpha value is -4.49. The number of rotatable bonds is 14. The van der Waals surface area contributed by atoms with E-state index in [-0.39, 0.29) is 36.9 Å². The maximum Gasteiger partial charge on any atom is 0.411 e. The third kappa shape index (κ3) is 10.6. The second-order valence-corrected chi connectivity index (χ2v) is 15.4. The van der Waals surface area contributed by atoms with Gasteiger partial charge in [-0.3, -0.25) is 24.1 Å². The van der Waals surface area contributed by atoms with Gasteiger partial charge in [0.25, 0.3) is 0 Å². The average Bonchev–Trinajstić information content (AvgIpc) is 3.68. The summed E-state index contributed by atoms with van der Waals surface area (Å²) >= 11 is 0. The molecular formula is C40H56N6O7. The molecule has 0 radical (unpaired) electrons. The quantitative estimate of drug-likeness (QED) is 0.250. The molecular weight excluding hydrogens is 676 g/mol. The van der Waals surface area contributed by atoms with E-state index in [2.05, 4.69) is 10.6 Å². The Morgan fingerprint density at radius 1 is 0.981 bits per heavy atom. The fourth-order valence-corrected chi connectivity index (χ4v) is 7.54. The van der Waals surface area contributed by atoms with Gasteiger partial charge >= 0.3 is 6.09 Å². The van der Waals surface area contributed by atoms with Gasteiger partial charge < -0.3 is 35.6 Å². The summed E-state index contributed by atoms with van der Waals surface area (Å²) in [5.74, 6) is -1.49. The molecule has 2 aromatic rings. The molecule has 5 amide bonds. The number of morpholine rings is 1. The van der Waals surface area contributed by atoms with Crippen molar-refractivity contribution in [2.24, 2.45) is 5.73 Å². The number of likely N-dealkylation sites (tertiary alicyclic amines) is 1. The van der Waals surface area contributed by atoms with Crippen molar-refractivity contribution in [3.63, 3.8) is 0 Å². The normalized spacial score (nSPS) is 20.1. The molecule has 0 bridgehead atoms. The van der Waals surface area contributed by atoms with Crippen LogP contribution in [-0.2, 0) is 47.9 Å². The molecule has 0 aromatic heterocycles. The summed E-state index contributed by atoms with van der Waals surface area (Å²) in [5.41, 5.74) is 8.03. The van der Waals surface area contributed by atoms with E-state index in [0.29, 0.717) is 65.0 Å². The Balaban J connectivity index is 1.31. The first-order chi connectivity index (χ1) is 25.3. The van der Waals surface area contributed by atoms with Gasteiger partial charge in [-0.2, -0.15) is 0 Å². The number of carbonyl (C=O) groups is 5. The highest BCUT2D eigenvalue weighted by Gasteiger charge is 2.45. The fourth-order valence-electron chi connectivity index (χ4n) is 7.54. The molecule has 2 aromatic carbocycles. The fraction of sp³-hybridized carbons (Fsp3) is 0.575. The minimum absolute atomic E-state index is 0.119. The first-order valence-corrected chi connectivity index (χ1v) is 18.9. The number of amides is 5. The van der Waals surface area contributed by atoms with Gasteiger partial charge in [-0.15, -0.1) is 0 Å². The van der Waals surface area contributed by atoms with Crippen molar-refractivity contribution in [3.8, 4) is 0 Å². The number of ether oxygens (including phenoxy) is 2. The van der Waals surface area contributed by atoms with Crippen LogP contribution < -0.4 is 16.4 Å². The van der Waals surface area contributed by atoms with Crippen LogP contribution in [0.25, 0.3) is 0 Å². The lowest BCUT2D eigenvalue weighted by atomic mass is 10.0. The minimum Gasteiger partial charge on any atom is -0.444 e. The molecule has 1 unspecified atom stereocenters. The van der Waals surface area contributed by atoms with E-state index < -0.39 is 41.6 Å². The summed E-state index contributed by atoms with van der Waals surface area (Å²) in [6.07, 6.45) is 2.91. The number of hydrogen-bond acceptors (Lipinski definition) is 8. The average molecular weight is 733 g/mol. The van der Waals surface area contributed by atoms with Gasteiger partial charge in [0.05, 0.1) is 13.2 Å². The van der Waals surface area contributed by atoms with E-state index in [9.17, 15) is 24.0 Å². The molecule has 5 rings (SSSR count). The Bertz CT molecular complexity index is 1570. The lowest BCUT2D eigenvalue weighted by Gasteiger charge is -2.36. The largest absolute Gasteiger partial charge is 0.444 e. The van der Waals surface area contributed by atoms with E-state index in [4.69, 9.17) is 15.2 Å². The van der Waals surface area contributed by atoms with Crippen molar-refractivity contribution in [3.05, 3.63) is 71.3 Å². The summed E-state index contributed by atoms with van der Waals surface area (Å²) in [6.45, 7) is 9.21. The SMILES string of the molecule is CC1C[C@@H](NC(=O)[C@@H](Cc2ccccc2)NC(=O)CN(C(=O)OC(C)(C)C)C2Cc3ccccc3C2)C(=O)N1[C@H](CCCCN)C(=O)N1CCOCC1. The zero-order valence-corrected chi connectivity index (χ0v) is 31.6. The molecule has 4 atom stereocenters. The number of unbranched alkanes of at least 4 members (excludes halogenated alkanes) is 1. The molecule has 3 aliphatic rings. The zero-order valence-electron chi connectivity index (χ0n) is 31.6. The van der Waals surface area contributed by atoms with Gasteiger partial charge in [0.15, 0.2) is 0 Å². The monoisotopic (exact) mass is 732 g/mol. The molecule has 2 saturated heterocycles. The molecule has 4 N–H and O–H groups in total. The van der Waals surface area contributed by atoms with Gasteiger partial charge in [0.1, 0.15) is 30.3 Å². The smallest absolute Gasteiger partial charge is 0.411 e. The van der Waals surface area contributed by atoms with Crippen molar-refractivity contribution >= 4 is 29.7 Å². The number of hydrogen-bond donors (Lipinski definition) is 3. The second-order valence-electron chi connectivity index (χ2n) is 15.4. The lowest BCUT2D eigenvalue weighted by molar-refractivity contribution is -0.148. The number of nitrogens with one attached hydrogen (secondary N) is 2. The van der Waals surface area contributed by atoms with Gasteiger partial charge in [-0.25, -0.2) is 4.79 Å². The second kappa shape index (κ2) is 18.0. The maximum atomic E-state index is 14.1. The van der Waals surface area contributed by atoms with Crippen LogP contribution in [0.15, 0.2) is 54.6 Å². The molecule has 1 aliphatic carbocycles. The molecule has 0 spiro atoms. The van der Waals surface area contributed by atoms with Gasteiger partial charge in [-0.05, 0) is 89.5 Å². The maximum absolute atomic E-state index is 14.1. The van der Waals surface area contributed by atoms with Crippen LogP contribution in [0, 0.1) is 0 Å². The van der Waals surface area contributed by atoms with E-state index in [1.807, 2.05) is 61.5 Å².